The first-order valence-corrected chi connectivity index (χ1v) is 12.5. The first-order valence-electron chi connectivity index (χ1n) is 12.5. The summed E-state index contributed by atoms with van der Waals surface area (Å²) in [5.41, 5.74) is 7.69. The Kier molecular flexibility index (Phi) is 6.33. The zero-order chi connectivity index (χ0) is 27.1. The van der Waals surface area contributed by atoms with Gasteiger partial charge in [0.05, 0.1) is 11.4 Å². The van der Waals surface area contributed by atoms with E-state index in [-0.39, 0.29) is 5.57 Å². The molecule has 0 bridgehead atoms. The van der Waals surface area contributed by atoms with Gasteiger partial charge in [-0.15, -0.1) is 0 Å². The number of carbonyl (C=O) groups excluding carboxylic acids is 3. The summed E-state index contributed by atoms with van der Waals surface area (Å²) in [7, 11) is 0. The normalized spacial score (nSPS) is 15.1. The van der Waals surface area contributed by atoms with Crippen LogP contribution < -0.4 is 9.80 Å². The molecule has 190 valence electrons. The Morgan fingerprint density at radius 2 is 1.21 bits per heavy atom. The van der Waals surface area contributed by atoms with Gasteiger partial charge in [-0.1, -0.05) is 53.6 Å². The molecule has 1 aliphatic rings. The predicted octanol–water partition coefficient (Wildman–Crippen LogP) is 6.60. The molecule has 0 aliphatic carbocycles. The maximum atomic E-state index is 13.8. The lowest BCUT2D eigenvalue weighted by Gasteiger charge is -2.34. The topological polar surface area (TPSA) is 62.6 Å². The van der Waals surface area contributed by atoms with Crippen LogP contribution in [0.15, 0.2) is 84.4 Å². The minimum Gasteiger partial charge on any atom is -0.318 e. The van der Waals surface area contributed by atoms with Crippen molar-refractivity contribution in [1.82, 2.24) is 4.57 Å². The largest absolute Gasteiger partial charge is 0.343 e. The van der Waals surface area contributed by atoms with Gasteiger partial charge in [0.15, 0.2) is 0 Å². The molecule has 1 fully saturated rings. The number of imide groups is 2. The zero-order valence-corrected chi connectivity index (χ0v) is 22.1. The molecule has 0 saturated carbocycles. The first kappa shape index (κ1) is 25.0. The van der Waals surface area contributed by atoms with Crippen molar-refractivity contribution in [2.45, 2.75) is 34.6 Å². The molecular weight excluding hydrogens is 474 g/mol. The maximum Gasteiger partial charge on any atom is 0.343 e. The summed E-state index contributed by atoms with van der Waals surface area (Å²) in [6, 6.07) is 23.3. The molecule has 0 unspecified atom stereocenters. The summed E-state index contributed by atoms with van der Waals surface area (Å²) >= 11 is 0. The highest BCUT2D eigenvalue weighted by molar-refractivity contribution is 6.46. The van der Waals surface area contributed by atoms with Crippen molar-refractivity contribution in [2.75, 3.05) is 9.80 Å². The number of benzene rings is 3. The van der Waals surface area contributed by atoms with E-state index in [1.54, 1.807) is 42.5 Å². The van der Waals surface area contributed by atoms with E-state index in [0.29, 0.717) is 11.4 Å². The van der Waals surface area contributed by atoms with Crippen LogP contribution in [0.25, 0.3) is 11.8 Å². The molecule has 6 heteroatoms. The van der Waals surface area contributed by atoms with Crippen molar-refractivity contribution in [1.29, 1.82) is 0 Å². The summed E-state index contributed by atoms with van der Waals surface area (Å²) < 4.78 is 2.12. The minimum atomic E-state index is -0.701. The highest BCUT2D eigenvalue weighted by atomic mass is 16.2. The number of carbonyl (C=O) groups is 3. The smallest absolute Gasteiger partial charge is 0.318 e. The van der Waals surface area contributed by atoms with Crippen molar-refractivity contribution in [3.8, 4) is 5.69 Å². The van der Waals surface area contributed by atoms with Crippen LogP contribution in [0.3, 0.4) is 0 Å². The highest BCUT2D eigenvalue weighted by Crippen LogP contribution is 2.31. The number of anilines is 2. The van der Waals surface area contributed by atoms with Crippen LogP contribution in [0.4, 0.5) is 16.2 Å². The van der Waals surface area contributed by atoms with Crippen LogP contribution in [0, 0.1) is 34.6 Å². The highest BCUT2D eigenvalue weighted by Gasteiger charge is 2.43. The Bertz CT molecular complexity index is 1610. The molecule has 1 saturated heterocycles. The zero-order valence-electron chi connectivity index (χ0n) is 22.1. The van der Waals surface area contributed by atoms with E-state index in [1.165, 1.54) is 5.56 Å². The Hall–Kier alpha value is -4.71. The van der Waals surface area contributed by atoms with Crippen LogP contribution in [0.2, 0.25) is 0 Å². The lowest BCUT2D eigenvalue weighted by Crippen LogP contribution is -2.57. The Labute approximate surface area is 222 Å². The number of hydrogen-bond acceptors (Lipinski definition) is 3. The third-order valence-corrected chi connectivity index (χ3v) is 6.92. The van der Waals surface area contributed by atoms with E-state index in [2.05, 4.69) is 36.6 Å². The van der Waals surface area contributed by atoms with Gasteiger partial charge in [-0.3, -0.25) is 9.59 Å². The molecule has 1 aromatic heterocycles. The Morgan fingerprint density at radius 1 is 0.632 bits per heavy atom. The molecule has 0 N–H and O–H groups in total. The molecule has 0 spiro atoms. The van der Waals surface area contributed by atoms with Gasteiger partial charge in [-0.25, -0.2) is 14.6 Å². The average molecular weight is 504 g/mol. The summed E-state index contributed by atoms with van der Waals surface area (Å²) in [6.45, 7) is 10.0. The van der Waals surface area contributed by atoms with Gasteiger partial charge in [-0.05, 0) is 88.2 Å². The fourth-order valence-corrected chi connectivity index (χ4v) is 4.97. The van der Waals surface area contributed by atoms with E-state index >= 15 is 0 Å². The van der Waals surface area contributed by atoms with Gasteiger partial charge < -0.3 is 4.57 Å². The van der Waals surface area contributed by atoms with Crippen LogP contribution >= 0.6 is 0 Å². The number of hydrogen-bond donors (Lipinski definition) is 0. The van der Waals surface area contributed by atoms with Crippen molar-refractivity contribution < 1.29 is 14.4 Å². The van der Waals surface area contributed by atoms with E-state index in [4.69, 9.17) is 0 Å². The van der Waals surface area contributed by atoms with Crippen molar-refractivity contribution >= 4 is 35.3 Å². The number of nitrogens with zero attached hydrogens (tertiary/aromatic N) is 3. The predicted molar refractivity (Wildman–Crippen MR) is 151 cm³/mol. The third kappa shape index (κ3) is 4.24. The lowest BCUT2D eigenvalue weighted by atomic mass is 10.0. The fourth-order valence-electron chi connectivity index (χ4n) is 4.97. The van der Waals surface area contributed by atoms with Gasteiger partial charge in [0.25, 0.3) is 11.8 Å². The minimum absolute atomic E-state index is 0.0742. The van der Waals surface area contributed by atoms with Crippen molar-refractivity contribution in [3.05, 3.63) is 118 Å². The van der Waals surface area contributed by atoms with Crippen LogP contribution in [0.5, 0.6) is 0 Å². The molecule has 5 rings (SSSR count). The second-order valence-electron chi connectivity index (χ2n) is 9.74. The molecule has 0 radical (unpaired) electrons. The second-order valence-corrected chi connectivity index (χ2v) is 9.74. The number of aryl methyl sites for hydroxylation is 4. The van der Waals surface area contributed by atoms with Crippen LogP contribution in [-0.2, 0) is 9.59 Å². The summed E-state index contributed by atoms with van der Waals surface area (Å²) in [5.74, 6) is -1.29. The summed E-state index contributed by atoms with van der Waals surface area (Å²) in [5, 5.41) is 0. The molecule has 2 heterocycles. The molecule has 4 amide bonds. The van der Waals surface area contributed by atoms with E-state index in [1.807, 2.05) is 45.0 Å². The van der Waals surface area contributed by atoms with Gasteiger partial charge in [-0.2, -0.15) is 0 Å². The number of aromatic nitrogens is 1. The monoisotopic (exact) mass is 503 g/mol. The quantitative estimate of drug-likeness (QED) is 0.233. The number of rotatable bonds is 4. The van der Waals surface area contributed by atoms with Crippen molar-refractivity contribution in [3.63, 3.8) is 0 Å². The maximum absolute atomic E-state index is 13.8. The Balaban J connectivity index is 1.66. The van der Waals surface area contributed by atoms with Crippen molar-refractivity contribution in [2.24, 2.45) is 0 Å². The van der Waals surface area contributed by atoms with Crippen LogP contribution in [-0.4, -0.2) is 22.4 Å². The summed E-state index contributed by atoms with van der Waals surface area (Å²) in [6.07, 6.45) is 1.61. The molecule has 38 heavy (non-hydrogen) atoms. The SMILES string of the molecule is Cc1ccc(N2C(=O)/C(=C/c3cc(C)n(-c4ccc(C)cc4C)c3C)C(=O)N(c3ccccc3)C2=O)cc1. The average Bonchev–Trinajstić information content (AvgIpc) is 3.16. The van der Waals surface area contributed by atoms with E-state index < -0.39 is 17.8 Å². The second kappa shape index (κ2) is 9.63. The van der Waals surface area contributed by atoms with Gasteiger partial charge in [0.2, 0.25) is 0 Å². The first-order chi connectivity index (χ1) is 18.2. The van der Waals surface area contributed by atoms with Gasteiger partial charge >= 0.3 is 6.03 Å². The molecule has 0 atom stereocenters. The molecule has 1 aliphatic heterocycles. The third-order valence-electron chi connectivity index (χ3n) is 6.92. The number of para-hydroxylation sites is 1. The molecule has 4 aromatic rings. The molecule has 3 aromatic carbocycles. The summed E-state index contributed by atoms with van der Waals surface area (Å²) in [4.78, 5) is 43.2. The number of barbiturate groups is 1. The van der Waals surface area contributed by atoms with Gasteiger partial charge in [0.1, 0.15) is 5.57 Å². The Morgan fingerprint density at radius 3 is 1.82 bits per heavy atom. The van der Waals surface area contributed by atoms with Gasteiger partial charge in [0, 0.05) is 17.1 Å². The van der Waals surface area contributed by atoms with E-state index in [0.717, 1.165) is 43.6 Å². The fraction of sp³-hybridized carbons (Fsp3) is 0.156. The standard InChI is InChI=1S/C32H29N3O3/c1-20-11-14-27(15-12-20)35-31(37)28(30(36)34(32(35)38)26-9-7-6-8-10-26)19-25-18-23(4)33(24(25)5)29-16-13-21(2)17-22(29)3/h6-19H,1-5H3/b28-19+. The number of urea groups is 1. The van der Waals surface area contributed by atoms with Crippen LogP contribution in [0.1, 0.15) is 33.6 Å². The molecule has 6 nitrogen and oxygen atoms in total. The lowest BCUT2D eigenvalue weighted by molar-refractivity contribution is -0.121. The van der Waals surface area contributed by atoms with E-state index in [9.17, 15) is 14.4 Å². The molecular formula is C32H29N3O3. The number of amides is 4.